The molecular weight excluding hydrogens is 224 g/mol. The lowest BCUT2D eigenvalue weighted by atomic mass is 10.0. The summed E-state index contributed by atoms with van der Waals surface area (Å²) in [5.74, 6) is 0.267. The minimum atomic E-state index is -2.48. The summed E-state index contributed by atoms with van der Waals surface area (Å²) < 4.78 is 30.6. The van der Waals surface area contributed by atoms with Crippen molar-refractivity contribution in [2.75, 3.05) is 13.7 Å². The highest BCUT2D eigenvalue weighted by molar-refractivity contribution is 5.38. The molecule has 0 aromatic heterocycles. The van der Waals surface area contributed by atoms with E-state index in [-0.39, 0.29) is 11.3 Å². The van der Waals surface area contributed by atoms with Crippen molar-refractivity contribution in [3.8, 4) is 5.75 Å². The molecule has 0 bridgehead atoms. The molecule has 0 spiro atoms. The van der Waals surface area contributed by atoms with Gasteiger partial charge in [-0.3, -0.25) is 0 Å². The molecule has 1 aromatic carbocycles. The van der Waals surface area contributed by atoms with E-state index in [0.717, 1.165) is 24.9 Å². The Morgan fingerprint density at radius 3 is 2.88 bits per heavy atom. The van der Waals surface area contributed by atoms with E-state index in [9.17, 15) is 8.78 Å². The van der Waals surface area contributed by atoms with Crippen molar-refractivity contribution < 1.29 is 13.5 Å². The summed E-state index contributed by atoms with van der Waals surface area (Å²) in [6, 6.07) is 5.48. The van der Waals surface area contributed by atoms with Gasteiger partial charge in [0.25, 0.3) is 6.43 Å². The molecule has 94 valence electrons. The number of hydrogen-bond acceptors (Lipinski definition) is 2. The quantitative estimate of drug-likeness (QED) is 0.875. The van der Waals surface area contributed by atoms with Gasteiger partial charge >= 0.3 is 0 Å². The van der Waals surface area contributed by atoms with Gasteiger partial charge in [-0.15, -0.1) is 0 Å². The largest absolute Gasteiger partial charge is 0.496 e. The van der Waals surface area contributed by atoms with Gasteiger partial charge in [-0.05, 0) is 43.5 Å². The lowest BCUT2D eigenvalue weighted by Crippen LogP contribution is -2.23. The fourth-order valence-electron chi connectivity index (χ4n) is 2.30. The Bertz CT molecular complexity index is 376. The maximum Gasteiger partial charge on any atom is 0.267 e. The van der Waals surface area contributed by atoms with E-state index < -0.39 is 6.43 Å². The van der Waals surface area contributed by atoms with E-state index in [0.29, 0.717) is 6.04 Å². The van der Waals surface area contributed by atoms with Crippen molar-refractivity contribution in [2.45, 2.75) is 31.7 Å². The highest BCUT2D eigenvalue weighted by Crippen LogP contribution is 2.30. The maximum atomic E-state index is 12.8. The van der Waals surface area contributed by atoms with Crippen LogP contribution < -0.4 is 10.1 Å². The summed E-state index contributed by atoms with van der Waals surface area (Å²) in [5, 5.41) is 3.36. The fourth-order valence-corrected chi connectivity index (χ4v) is 2.30. The van der Waals surface area contributed by atoms with E-state index >= 15 is 0 Å². The van der Waals surface area contributed by atoms with Crippen LogP contribution >= 0.6 is 0 Å². The third-order valence-corrected chi connectivity index (χ3v) is 3.17. The number of hydrogen-bond donors (Lipinski definition) is 1. The second-order valence-corrected chi connectivity index (χ2v) is 4.37. The molecule has 2 rings (SSSR count). The number of halogens is 2. The molecule has 1 unspecified atom stereocenters. The lowest BCUT2D eigenvalue weighted by molar-refractivity contribution is 0.147. The van der Waals surface area contributed by atoms with Gasteiger partial charge in [0.1, 0.15) is 5.75 Å². The number of alkyl halides is 2. The Balaban J connectivity index is 2.14. The highest BCUT2D eigenvalue weighted by atomic mass is 19.3. The Labute approximate surface area is 100.0 Å². The molecule has 4 heteroatoms. The smallest absolute Gasteiger partial charge is 0.267 e. The predicted octanol–water partition coefficient (Wildman–Crippen LogP) is 2.93. The van der Waals surface area contributed by atoms with Crippen molar-refractivity contribution in [3.05, 3.63) is 29.3 Å². The summed E-state index contributed by atoms with van der Waals surface area (Å²) in [6.45, 7) is 1.03. The second-order valence-electron chi connectivity index (χ2n) is 4.37. The first-order chi connectivity index (χ1) is 8.20. The Morgan fingerprint density at radius 1 is 1.47 bits per heavy atom. The summed E-state index contributed by atoms with van der Waals surface area (Å²) >= 11 is 0. The first-order valence-electron chi connectivity index (χ1n) is 5.89. The van der Waals surface area contributed by atoms with Crippen molar-refractivity contribution >= 4 is 0 Å². The number of methoxy groups -OCH3 is 1. The van der Waals surface area contributed by atoms with Gasteiger partial charge in [-0.2, -0.15) is 0 Å². The average molecular weight is 241 g/mol. The van der Waals surface area contributed by atoms with Crippen molar-refractivity contribution in [3.63, 3.8) is 0 Å². The van der Waals surface area contributed by atoms with E-state index in [1.807, 2.05) is 6.07 Å². The normalized spacial score (nSPS) is 19.9. The number of rotatable bonds is 4. The monoisotopic (exact) mass is 241 g/mol. The zero-order valence-electron chi connectivity index (χ0n) is 9.88. The molecule has 1 atom stereocenters. The molecule has 1 N–H and O–H groups in total. The van der Waals surface area contributed by atoms with Gasteiger partial charge in [-0.25, -0.2) is 8.78 Å². The Hall–Kier alpha value is -1.16. The molecule has 17 heavy (non-hydrogen) atoms. The summed E-state index contributed by atoms with van der Waals surface area (Å²) in [4.78, 5) is 0. The van der Waals surface area contributed by atoms with Gasteiger partial charge in [0.05, 0.1) is 12.7 Å². The Morgan fingerprint density at radius 2 is 2.29 bits per heavy atom. The highest BCUT2D eigenvalue weighted by Gasteiger charge is 2.18. The zero-order valence-corrected chi connectivity index (χ0v) is 9.88. The molecule has 2 nitrogen and oxygen atoms in total. The Kier molecular flexibility index (Phi) is 3.94. The molecule has 1 aliphatic rings. The summed E-state index contributed by atoms with van der Waals surface area (Å²) in [5.41, 5.74) is 0.934. The predicted molar refractivity (Wildman–Crippen MR) is 62.7 cm³/mol. The van der Waals surface area contributed by atoms with Crippen LogP contribution in [0.3, 0.4) is 0 Å². The van der Waals surface area contributed by atoms with Crippen LogP contribution in [0.25, 0.3) is 0 Å². The van der Waals surface area contributed by atoms with Crippen molar-refractivity contribution in [1.82, 2.24) is 5.32 Å². The third-order valence-electron chi connectivity index (χ3n) is 3.17. The molecule has 1 aliphatic heterocycles. The SMILES string of the molecule is COc1ccc(CC2CCCN2)cc1C(F)F. The zero-order chi connectivity index (χ0) is 12.3. The number of benzene rings is 1. The molecule has 0 saturated carbocycles. The van der Waals surface area contributed by atoms with Gasteiger partial charge < -0.3 is 10.1 Å². The summed E-state index contributed by atoms with van der Waals surface area (Å²) in [6.07, 6.45) is 0.615. The van der Waals surface area contributed by atoms with Crippen LogP contribution in [0.4, 0.5) is 8.78 Å². The van der Waals surface area contributed by atoms with Gasteiger partial charge in [0.2, 0.25) is 0 Å². The molecule has 0 aliphatic carbocycles. The van der Waals surface area contributed by atoms with Crippen molar-refractivity contribution in [2.24, 2.45) is 0 Å². The van der Waals surface area contributed by atoms with Crippen molar-refractivity contribution in [1.29, 1.82) is 0 Å². The average Bonchev–Trinajstić information content (AvgIpc) is 2.81. The van der Waals surface area contributed by atoms with E-state index in [4.69, 9.17) is 4.74 Å². The molecule has 1 heterocycles. The molecule has 1 fully saturated rings. The third kappa shape index (κ3) is 2.94. The van der Waals surface area contributed by atoms with E-state index in [2.05, 4.69) is 5.32 Å². The van der Waals surface area contributed by atoms with Gasteiger partial charge in [-0.1, -0.05) is 6.07 Å². The molecule has 1 aromatic rings. The lowest BCUT2D eigenvalue weighted by Gasteiger charge is -2.13. The van der Waals surface area contributed by atoms with Gasteiger partial charge in [0.15, 0.2) is 0 Å². The first kappa shape index (κ1) is 12.3. The van der Waals surface area contributed by atoms with Crippen LogP contribution in [0.5, 0.6) is 5.75 Å². The van der Waals surface area contributed by atoms with Crippen LogP contribution in [0, 0.1) is 0 Å². The molecule has 1 saturated heterocycles. The van der Waals surface area contributed by atoms with Crippen LogP contribution in [-0.2, 0) is 6.42 Å². The van der Waals surface area contributed by atoms with Crippen LogP contribution in [-0.4, -0.2) is 19.7 Å². The first-order valence-corrected chi connectivity index (χ1v) is 5.89. The molecule has 0 radical (unpaired) electrons. The fraction of sp³-hybridized carbons (Fsp3) is 0.538. The minimum absolute atomic E-state index is 0.0111. The second kappa shape index (κ2) is 5.45. The minimum Gasteiger partial charge on any atom is -0.496 e. The standard InChI is InChI=1S/C13H17F2NO/c1-17-12-5-4-9(8-11(12)13(14)15)7-10-3-2-6-16-10/h4-5,8,10,13,16H,2-3,6-7H2,1H3. The van der Waals surface area contributed by atoms with Crippen LogP contribution in [0.2, 0.25) is 0 Å². The van der Waals surface area contributed by atoms with Crippen LogP contribution in [0.15, 0.2) is 18.2 Å². The van der Waals surface area contributed by atoms with E-state index in [1.54, 1.807) is 12.1 Å². The van der Waals surface area contributed by atoms with Gasteiger partial charge in [0, 0.05) is 6.04 Å². The van der Waals surface area contributed by atoms with E-state index in [1.165, 1.54) is 13.5 Å². The number of ether oxygens (including phenoxy) is 1. The summed E-state index contributed by atoms with van der Waals surface area (Å²) in [7, 11) is 1.42. The molecular formula is C13H17F2NO. The maximum absolute atomic E-state index is 12.8. The topological polar surface area (TPSA) is 21.3 Å². The number of nitrogens with one attached hydrogen (secondary N) is 1. The van der Waals surface area contributed by atoms with Crippen LogP contribution in [0.1, 0.15) is 30.4 Å². The molecule has 0 amide bonds.